The second-order valence-corrected chi connectivity index (χ2v) is 7.11. The Morgan fingerprint density at radius 3 is 2.73 bits per heavy atom. The van der Waals surface area contributed by atoms with Gasteiger partial charge in [0.15, 0.2) is 5.82 Å². The normalized spacial score (nSPS) is 15.3. The average Bonchev–Trinajstić information content (AvgIpc) is 3.19. The van der Waals surface area contributed by atoms with E-state index in [1.54, 1.807) is 0 Å². The summed E-state index contributed by atoms with van der Waals surface area (Å²) in [5.41, 5.74) is 7.39. The molecule has 7 nitrogen and oxygen atoms in total. The van der Waals surface area contributed by atoms with Gasteiger partial charge in [0.2, 0.25) is 5.91 Å². The fraction of sp³-hybridized carbons (Fsp3) is 0.318. The monoisotopic (exact) mass is 427 g/mol. The Morgan fingerprint density at radius 1 is 1.17 bits per heavy atom. The summed E-state index contributed by atoms with van der Waals surface area (Å²) in [4.78, 5) is 19.6. The Morgan fingerprint density at radius 2 is 1.97 bits per heavy atom. The summed E-state index contributed by atoms with van der Waals surface area (Å²) in [6, 6.07) is 17.4. The molecule has 2 N–H and O–H groups in total. The van der Waals surface area contributed by atoms with E-state index in [-0.39, 0.29) is 24.4 Å². The molecule has 4 rings (SSSR count). The van der Waals surface area contributed by atoms with Gasteiger partial charge in [-0.2, -0.15) is 5.10 Å². The zero-order valence-electron chi connectivity index (χ0n) is 16.9. The number of aromatic nitrogens is 3. The number of hydrogen-bond donors (Lipinski definition) is 1. The first-order valence-electron chi connectivity index (χ1n) is 9.87. The van der Waals surface area contributed by atoms with E-state index in [1.165, 1.54) is 0 Å². The molecule has 1 atom stereocenters. The molecule has 0 bridgehead atoms. The standard InChI is InChI=1S/C22H25N5O2.ClH/c1-16-22-24-21(18-7-3-2-4-8-18)25-27(22)12-11-26(16)20(28)15-17-6-5-9-19(14-17)29-13-10-23;/h2-9,14,16H,10-13,15,23H2,1H3;1H/t16-;/m0./s1. The molecule has 0 radical (unpaired) electrons. The van der Waals surface area contributed by atoms with Crippen molar-refractivity contribution in [2.45, 2.75) is 25.9 Å². The molecule has 0 unspecified atom stereocenters. The predicted octanol–water partition coefficient (Wildman–Crippen LogP) is 2.85. The van der Waals surface area contributed by atoms with Crippen LogP contribution in [0.3, 0.4) is 0 Å². The molecule has 1 aliphatic rings. The number of amides is 1. The minimum Gasteiger partial charge on any atom is -0.492 e. The number of carbonyl (C=O) groups excluding carboxylic acids is 1. The van der Waals surface area contributed by atoms with Gasteiger partial charge in [0.1, 0.15) is 18.2 Å². The molecule has 0 spiro atoms. The first-order chi connectivity index (χ1) is 14.2. The van der Waals surface area contributed by atoms with E-state index in [0.29, 0.717) is 38.5 Å². The summed E-state index contributed by atoms with van der Waals surface area (Å²) < 4.78 is 7.48. The summed E-state index contributed by atoms with van der Waals surface area (Å²) >= 11 is 0. The maximum Gasteiger partial charge on any atom is 0.227 e. The highest BCUT2D eigenvalue weighted by atomic mass is 35.5. The highest BCUT2D eigenvalue weighted by Gasteiger charge is 2.30. The van der Waals surface area contributed by atoms with E-state index < -0.39 is 0 Å². The number of ether oxygens (including phenoxy) is 1. The van der Waals surface area contributed by atoms with Crippen molar-refractivity contribution in [3.63, 3.8) is 0 Å². The van der Waals surface area contributed by atoms with Crippen LogP contribution in [0.2, 0.25) is 0 Å². The molecular formula is C22H26ClN5O2. The third-order valence-electron chi connectivity index (χ3n) is 5.09. The van der Waals surface area contributed by atoms with Crippen LogP contribution < -0.4 is 10.5 Å². The smallest absolute Gasteiger partial charge is 0.227 e. The van der Waals surface area contributed by atoms with Crippen LogP contribution in [-0.4, -0.2) is 45.3 Å². The SMILES string of the molecule is C[C@H]1c2nc(-c3ccccc3)nn2CCN1C(=O)Cc1cccc(OCCN)c1.Cl. The van der Waals surface area contributed by atoms with Crippen molar-refractivity contribution >= 4 is 18.3 Å². The first-order valence-corrected chi connectivity index (χ1v) is 9.87. The predicted molar refractivity (Wildman–Crippen MR) is 118 cm³/mol. The van der Waals surface area contributed by atoms with Gasteiger partial charge in [0.05, 0.1) is 19.0 Å². The Labute approximate surface area is 182 Å². The van der Waals surface area contributed by atoms with Crippen molar-refractivity contribution in [3.8, 4) is 17.1 Å². The number of fused-ring (bicyclic) bond motifs is 1. The number of carbonyl (C=O) groups is 1. The maximum absolute atomic E-state index is 13.0. The molecule has 8 heteroatoms. The van der Waals surface area contributed by atoms with Gasteiger partial charge in [-0.05, 0) is 24.6 Å². The largest absolute Gasteiger partial charge is 0.492 e. The Kier molecular flexibility index (Phi) is 7.07. The molecule has 1 amide bonds. The summed E-state index contributed by atoms with van der Waals surface area (Å²) in [7, 11) is 0. The lowest BCUT2D eigenvalue weighted by molar-refractivity contribution is -0.133. The number of nitrogens with zero attached hydrogens (tertiary/aromatic N) is 4. The number of hydrogen-bond acceptors (Lipinski definition) is 5. The second-order valence-electron chi connectivity index (χ2n) is 7.11. The van der Waals surface area contributed by atoms with Crippen molar-refractivity contribution in [2.24, 2.45) is 5.73 Å². The molecular weight excluding hydrogens is 402 g/mol. The minimum atomic E-state index is -0.127. The van der Waals surface area contributed by atoms with Crippen molar-refractivity contribution in [3.05, 3.63) is 66.0 Å². The maximum atomic E-state index is 13.0. The first kappa shape index (κ1) is 21.8. The van der Waals surface area contributed by atoms with Crippen molar-refractivity contribution in [2.75, 3.05) is 19.7 Å². The van der Waals surface area contributed by atoms with Crippen molar-refractivity contribution in [1.29, 1.82) is 0 Å². The molecule has 0 aliphatic carbocycles. The van der Waals surface area contributed by atoms with Gasteiger partial charge in [0, 0.05) is 18.7 Å². The van der Waals surface area contributed by atoms with Crippen LogP contribution in [0, 0.1) is 0 Å². The van der Waals surface area contributed by atoms with E-state index >= 15 is 0 Å². The van der Waals surface area contributed by atoms with E-state index in [9.17, 15) is 4.79 Å². The van der Waals surface area contributed by atoms with Crippen LogP contribution in [0.5, 0.6) is 5.75 Å². The van der Waals surface area contributed by atoms with Gasteiger partial charge in [-0.25, -0.2) is 9.67 Å². The van der Waals surface area contributed by atoms with Gasteiger partial charge >= 0.3 is 0 Å². The topological polar surface area (TPSA) is 86.3 Å². The fourth-order valence-corrected chi connectivity index (χ4v) is 3.61. The lowest BCUT2D eigenvalue weighted by Gasteiger charge is -2.33. The molecule has 3 aromatic rings. The molecule has 1 aliphatic heterocycles. The lowest BCUT2D eigenvalue weighted by Crippen LogP contribution is -2.42. The highest BCUT2D eigenvalue weighted by molar-refractivity contribution is 5.85. The number of rotatable bonds is 6. The van der Waals surface area contributed by atoms with E-state index in [0.717, 1.165) is 22.7 Å². The fourth-order valence-electron chi connectivity index (χ4n) is 3.61. The van der Waals surface area contributed by atoms with Gasteiger partial charge < -0.3 is 15.4 Å². The van der Waals surface area contributed by atoms with Crippen molar-refractivity contribution in [1.82, 2.24) is 19.7 Å². The summed E-state index contributed by atoms with van der Waals surface area (Å²) in [6.07, 6.45) is 0.323. The van der Waals surface area contributed by atoms with Gasteiger partial charge in [-0.15, -0.1) is 12.4 Å². The van der Waals surface area contributed by atoms with Crippen LogP contribution >= 0.6 is 12.4 Å². The van der Waals surface area contributed by atoms with Crippen LogP contribution in [0.15, 0.2) is 54.6 Å². The van der Waals surface area contributed by atoms with Gasteiger partial charge in [0.25, 0.3) is 0 Å². The van der Waals surface area contributed by atoms with E-state index in [1.807, 2.05) is 71.1 Å². The van der Waals surface area contributed by atoms with Crippen LogP contribution in [0.4, 0.5) is 0 Å². The molecule has 30 heavy (non-hydrogen) atoms. The number of benzene rings is 2. The Bertz CT molecular complexity index is 992. The molecule has 2 heterocycles. The lowest BCUT2D eigenvalue weighted by atomic mass is 10.1. The molecule has 2 aromatic carbocycles. The van der Waals surface area contributed by atoms with Crippen LogP contribution in [0.25, 0.3) is 11.4 Å². The van der Waals surface area contributed by atoms with Crippen LogP contribution in [0.1, 0.15) is 24.4 Å². The molecule has 0 saturated heterocycles. The third-order valence-corrected chi connectivity index (χ3v) is 5.09. The van der Waals surface area contributed by atoms with Crippen LogP contribution in [-0.2, 0) is 17.8 Å². The molecule has 158 valence electrons. The second kappa shape index (κ2) is 9.73. The summed E-state index contributed by atoms with van der Waals surface area (Å²) in [5.74, 6) is 2.33. The average molecular weight is 428 g/mol. The molecule has 0 fully saturated rings. The molecule has 1 aromatic heterocycles. The zero-order chi connectivity index (χ0) is 20.2. The van der Waals surface area contributed by atoms with Gasteiger partial charge in [-0.1, -0.05) is 42.5 Å². The van der Waals surface area contributed by atoms with E-state index in [4.69, 9.17) is 15.5 Å². The number of nitrogens with two attached hydrogens (primary N) is 1. The summed E-state index contributed by atoms with van der Waals surface area (Å²) in [5, 5.41) is 4.63. The van der Waals surface area contributed by atoms with E-state index in [2.05, 4.69) is 5.10 Å². The summed E-state index contributed by atoms with van der Waals surface area (Å²) in [6.45, 7) is 4.19. The third kappa shape index (κ3) is 4.63. The Balaban J connectivity index is 0.00000256. The minimum absolute atomic E-state index is 0. The molecule has 0 saturated carbocycles. The quantitative estimate of drug-likeness (QED) is 0.653. The number of halogens is 1. The van der Waals surface area contributed by atoms with Crippen molar-refractivity contribution < 1.29 is 9.53 Å². The Hall–Kier alpha value is -2.90. The van der Waals surface area contributed by atoms with Gasteiger partial charge in [-0.3, -0.25) is 4.79 Å². The highest BCUT2D eigenvalue weighted by Crippen LogP contribution is 2.27. The zero-order valence-corrected chi connectivity index (χ0v) is 17.7.